The highest BCUT2D eigenvalue weighted by Gasteiger charge is 2.13. The molecule has 0 bridgehead atoms. The van der Waals surface area contributed by atoms with E-state index in [1.165, 1.54) is 0 Å². The summed E-state index contributed by atoms with van der Waals surface area (Å²) in [5.74, 6) is 0. The van der Waals surface area contributed by atoms with Crippen molar-refractivity contribution in [2.75, 3.05) is 0 Å². The molecule has 0 fully saturated rings. The topological polar surface area (TPSA) is 38.0 Å². The molecule has 0 aromatic carbocycles. The number of halogens is 1. The Balaban J connectivity index is 2.03. The molecule has 2 aromatic heterocycles. The molecule has 2 unspecified atom stereocenters. The van der Waals surface area contributed by atoms with Gasteiger partial charge < -0.3 is 5.11 Å². The van der Waals surface area contributed by atoms with Crippen LogP contribution in [0.25, 0.3) is 0 Å². The highest BCUT2D eigenvalue weighted by atomic mass is 79.9. The van der Waals surface area contributed by atoms with Crippen LogP contribution in [0.5, 0.6) is 0 Å². The maximum atomic E-state index is 10.1. The molecular weight excluding hydrogens is 312 g/mol. The molecule has 0 saturated heterocycles. The Bertz CT molecular complexity index is 509. The molecule has 2 heterocycles. The van der Waals surface area contributed by atoms with E-state index in [9.17, 15) is 5.11 Å². The number of hydrogen-bond donors (Lipinski definition) is 1. The van der Waals surface area contributed by atoms with Gasteiger partial charge in [-0.1, -0.05) is 6.92 Å². The van der Waals surface area contributed by atoms with E-state index in [2.05, 4.69) is 34.9 Å². The Hall–Kier alpha value is -0.650. The van der Waals surface area contributed by atoms with Crippen molar-refractivity contribution in [1.29, 1.82) is 0 Å². The van der Waals surface area contributed by atoms with Gasteiger partial charge in [-0.2, -0.15) is 5.10 Å². The Morgan fingerprint density at radius 1 is 1.44 bits per heavy atom. The molecule has 2 atom stereocenters. The molecule has 0 aliphatic rings. The van der Waals surface area contributed by atoms with Crippen LogP contribution in [-0.4, -0.2) is 14.9 Å². The lowest BCUT2D eigenvalue weighted by Crippen LogP contribution is -2.06. The predicted molar refractivity (Wildman–Crippen MR) is 77.9 cm³/mol. The Morgan fingerprint density at radius 2 is 2.22 bits per heavy atom. The van der Waals surface area contributed by atoms with Crippen LogP contribution < -0.4 is 0 Å². The molecule has 2 rings (SSSR count). The van der Waals surface area contributed by atoms with Crippen LogP contribution in [-0.2, 0) is 6.42 Å². The summed E-state index contributed by atoms with van der Waals surface area (Å²) >= 11 is 4.97. The second-order valence-corrected chi connectivity index (χ2v) is 6.90. The maximum Gasteiger partial charge on any atom is 0.0938 e. The summed E-state index contributed by atoms with van der Waals surface area (Å²) in [4.78, 5) is 0.972. The van der Waals surface area contributed by atoms with Crippen LogP contribution in [0, 0.1) is 0 Å². The normalized spacial score (nSPS) is 14.7. The minimum Gasteiger partial charge on any atom is -0.387 e. The molecule has 0 radical (unpaired) electrons. The van der Waals surface area contributed by atoms with Crippen LogP contribution in [0.2, 0.25) is 0 Å². The largest absolute Gasteiger partial charge is 0.387 e. The highest BCUT2D eigenvalue weighted by Crippen LogP contribution is 2.29. The van der Waals surface area contributed by atoms with Gasteiger partial charge in [0.2, 0.25) is 0 Å². The van der Waals surface area contributed by atoms with Gasteiger partial charge in [-0.15, -0.1) is 11.3 Å². The van der Waals surface area contributed by atoms with Gasteiger partial charge in [0.1, 0.15) is 0 Å². The smallest absolute Gasteiger partial charge is 0.0938 e. The third kappa shape index (κ3) is 3.22. The first-order valence-electron chi connectivity index (χ1n) is 6.07. The summed E-state index contributed by atoms with van der Waals surface area (Å²) in [6.45, 7) is 4.29. The molecule has 98 valence electrons. The number of thiophene rings is 1. The molecule has 0 saturated carbocycles. The van der Waals surface area contributed by atoms with E-state index in [0.29, 0.717) is 12.5 Å². The van der Waals surface area contributed by atoms with Crippen molar-refractivity contribution in [2.24, 2.45) is 0 Å². The summed E-state index contributed by atoms with van der Waals surface area (Å²) in [6, 6.07) is 6.30. The molecule has 5 heteroatoms. The Kier molecular flexibility index (Phi) is 4.59. The zero-order chi connectivity index (χ0) is 13.1. The van der Waals surface area contributed by atoms with Crippen molar-refractivity contribution >= 4 is 27.3 Å². The highest BCUT2D eigenvalue weighted by molar-refractivity contribution is 9.11. The summed E-state index contributed by atoms with van der Waals surface area (Å²) < 4.78 is 3.01. The average molecular weight is 329 g/mol. The van der Waals surface area contributed by atoms with Gasteiger partial charge in [-0.25, -0.2) is 0 Å². The Morgan fingerprint density at radius 3 is 2.83 bits per heavy atom. The molecule has 0 aliphatic carbocycles. The van der Waals surface area contributed by atoms with Crippen molar-refractivity contribution in [3.8, 4) is 0 Å². The number of aliphatic hydroxyl groups is 1. The average Bonchev–Trinajstić information content (AvgIpc) is 2.97. The molecule has 0 aliphatic heterocycles. The van der Waals surface area contributed by atoms with Crippen LogP contribution in [0.15, 0.2) is 28.2 Å². The van der Waals surface area contributed by atoms with E-state index < -0.39 is 6.10 Å². The second-order valence-electron chi connectivity index (χ2n) is 4.41. The first-order chi connectivity index (χ1) is 8.60. The van der Waals surface area contributed by atoms with E-state index >= 15 is 0 Å². The van der Waals surface area contributed by atoms with Crippen LogP contribution in [0.3, 0.4) is 0 Å². The van der Waals surface area contributed by atoms with E-state index in [4.69, 9.17) is 0 Å². The lowest BCUT2D eigenvalue weighted by atomic mass is 10.2. The number of rotatable bonds is 5. The fraction of sp³-hybridized carbons (Fsp3) is 0.462. The predicted octanol–water partition coefficient (Wildman–Crippen LogP) is 3.95. The van der Waals surface area contributed by atoms with Crippen LogP contribution >= 0.6 is 27.3 Å². The minimum atomic E-state index is -0.471. The van der Waals surface area contributed by atoms with E-state index in [1.54, 1.807) is 11.3 Å². The first kappa shape index (κ1) is 13.8. The third-order valence-electron chi connectivity index (χ3n) is 3.03. The van der Waals surface area contributed by atoms with Crippen LogP contribution in [0.1, 0.15) is 43.0 Å². The SMILES string of the molecule is CCC(C)n1ccc(CC(O)c2ccc(Br)s2)n1. The zero-order valence-corrected chi connectivity index (χ0v) is 12.9. The Labute approximate surface area is 120 Å². The molecule has 0 spiro atoms. The van der Waals surface area contributed by atoms with E-state index in [-0.39, 0.29) is 0 Å². The van der Waals surface area contributed by atoms with E-state index in [1.807, 2.05) is 29.1 Å². The van der Waals surface area contributed by atoms with Gasteiger partial charge in [0.15, 0.2) is 0 Å². The van der Waals surface area contributed by atoms with Gasteiger partial charge in [0.25, 0.3) is 0 Å². The summed E-state index contributed by atoms with van der Waals surface area (Å²) in [5.41, 5.74) is 0.937. The first-order valence-corrected chi connectivity index (χ1v) is 7.68. The molecular formula is C13H17BrN2OS. The summed E-state index contributed by atoms with van der Waals surface area (Å²) in [7, 11) is 0. The number of aliphatic hydroxyl groups excluding tert-OH is 1. The zero-order valence-electron chi connectivity index (χ0n) is 10.5. The van der Waals surface area contributed by atoms with Gasteiger partial charge >= 0.3 is 0 Å². The molecule has 18 heavy (non-hydrogen) atoms. The fourth-order valence-corrected chi connectivity index (χ4v) is 3.13. The standard InChI is InChI=1S/C13H17BrN2OS/c1-3-9(2)16-7-6-10(15-16)8-11(17)12-4-5-13(14)18-12/h4-7,9,11,17H,3,8H2,1-2H3. The number of hydrogen-bond acceptors (Lipinski definition) is 3. The monoisotopic (exact) mass is 328 g/mol. The number of nitrogens with zero attached hydrogens (tertiary/aromatic N) is 2. The van der Waals surface area contributed by atoms with Gasteiger partial charge in [-0.05, 0) is 47.5 Å². The fourth-order valence-electron chi connectivity index (χ4n) is 1.72. The number of aromatic nitrogens is 2. The summed E-state index contributed by atoms with van der Waals surface area (Å²) in [5, 5.41) is 14.6. The van der Waals surface area contributed by atoms with Crippen molar-refractivity contribution in [2.45, 2.75) is 38.8 Å². The molecule has 2 aromatic rings. The maximum absolute atomic E-state index is 10.1. The van der Waals surface area contributed by atoms with Gasteiger partial charge in [0.05, 0.1) is 15.6 Å². The van der Waals surface area contributed by atoms with Crippen molar-refractivity contribution in [3.05, 3.63) is 38.8 Å². The molecule has 3 nitrogen and oxygen atoms in total. The summed E-state index contributed by atoms with van der Waals surface area (Å²) in [6.07, 6.45) is 3.14. The quantitative estimate of drug-likeness (QED) is 0.902. The lowest BCUT2D eigenvalue weighted by Gasteiger charge is -2.09. The minimum absolute atomic E-state index is 0.409. The van der Waals surface area contributed by atoms with Gasteiger partial charge in [0, 0.05) is 23.5 Å². The second kappa shape index (κ2) is 5.99. The van der Waals surface area contributed by atoms with Crippen molar-refractivity contribution < 1.29 is 5.11 Å². The third-order valence-corrected chi connectivity index (χ3v) is 4.76. The van der Waals surface area contributed by atoms with E-state index in [0.717, 1.165) is 20.8 Å². The van der Waals surface area contributed by atoms with Crippen molar-refractivity contribution in [1.82, 2.24) is 9.78 Å². The van der Waals surface area contributed by atoms with Crippen molar-refractivity contribution in [3.63, 3.8) is 0 Å². The van der Waals surface area contributed by atoms with Crippen LogP contribution in [0.4, 0.5) is 0 Å². The molecule has 1 N–H and O–H groups in total. The lowest BCUT2D eigenvalue weighted by molar-refractivity contribution is 0.180. The molecule has 0 amide bonds. The van der Waals surface area contributed by atoms with Gasteiger partial charge in [-0.3, -0.25) is 4.68 Å².